The summed E-state index contributed by atoms with van der Waals surface area (Å²) in [5.74, 6) is 2.22. The van der Waals surface area contributed by atoms with Gasteiger partial charge in [-0.25, -0.2) is 4.79 Å². The molecule has 4 aliphatic carbocycles. The quantitative estimate of drug-likeness (QED) is 0.520. The van der Waals surface area contributed by atoms with Gasteiger partial charge < -0.3 is 9.84 Å². The molecule has 3 nitrogen and oxygen atoms in total. The first-order valence-corrected chi connectivity index (χ1v) is 11.5. The predicted molar refractivity (Wildman–Crippen MR) is 123 cm³/mol. The minimum Gasteiger partial charge on any atom is -0.496 e. The first-order chi connectivity index (χ1) is 15.1. The molecule has 1 N–H and O–H groups in total. The largest absolute Gasteiger partial charge is 0.496 e. The van der Waals surface area contributed by atoms with Crippen LogP contribution in [0.15, 0.2) is 54.6 Å². The number of rotatable bonds is 4. The Morgan fingerprint density at radius 2 is 1.55 bits per heavy atom. The van der Waals surface area contributed by atoms with E-state index < -0.39 is 5.97 Å². The van der Waals surface area contributed by atoms with Crippen molar-refractivity contribution < 1.29 is 14.6 Å². The van der Waals surface area contributed by atoms with Crippen molar-refractivity contribution in [3.63, 3.8) is 0 Å². The van der Waals surface area contributed by atoms with E-state index in [0.29, 0.717) is 5.56 Å². The second-order valence-electron chi connectivity index (χ2n) is 10.1. The Kier molecular flexibility index (Phi) is 4.18. The molecule has 4 fully saturated rings. The number of ether oxygens (including phenoxy) is 1. The average Bonchev–Trinajstić information content (AvgIpc) is 2.76. The average molecular weight is 413 g/mol. The molecule has 4 aliphatic rings. The fourth-order valence-corrected chi connectivity index (χ4v) is 7.61. The number of carbonyl (C=O) groups is 1. The van der Waals surface area contributed by atoms with Crippen LogP contribution in [0.4, 0.5) is 0 Å². The predicted octanol–water partition coefficient (Wildman–Crippen LogP) is 6.68. The highest BCUT2D eigenvalue weighted by Crippen LogP contribution is 2.63. The number of carboxylic acids is 1. The van der Waals surface area contributed by atoms with Gasteiger partial charge in [0.2, 0.25) is 0 Å². The van der Waals surface area contributed by atoms with E-state index in [4.69, 9.17) is 4.74 Å². The Bertz CT molecular complexity index is 1160. The molecule has 158 valence electrons. The maximum absolute atomic E-state index is 12.7. The minimum absolute atomic E-state index is 0.0390. The molecule has 0 heterocycles. The third kappa shape index (κ3) is 2.82. The monoisotopic (exact) mass is 412 g/mol. The molecule has 0 atom stereocenters. The van der Waals surface area contributed by atoms with Gasteiger partial charge in [-0.2, -0.15) is 0 Å². The van der Waals surface area contributed by atoms with Gasteiger partial charge in [-0.05, 0) is 95.7 Å². The molecule has 3 aromatic rings. The molecular formula is C28H28O3. The molecule has 7 rings (SSSR count). The van der Waals surface area contributed by atoms with Gasteiger partial charge in [0.15, 0.2) is 0 Å². The van der Waals surface area contributed by atoms with Crippen LogP contribution >= 0.6 is 0 Å². The zero-order valence-electron chi connectivity index (χ0n) is 17.9. The number of benzene rings is 3. The van der Waals surface area contributed by atoms with Crippen molar-refractivity contribution in [3.05, 3.63) is 65.7 Å². The Labute approximate surface area is 183 Å². The van der Waals surface area contributed by atoms with Gasteiger partial charge in [0.25, 0.3) is 0 Å². The van der Waals surface area contributed by atoms with E-state index in [1.165, 1.54) is 19.3 Å². The molecule has 4 saturated carbocycles. The van der Waals surface area contributed by atoms with Gasteiger partial charge in [-0.1, -0.05) is 42.5 Å². The van der Waals surface area contributed by atoms with Gasteiger partial charge >= 0.3 is 5.97 Å². The molecule has 31 heavy (non-hydrogen) atoms. The van der Waals surface area contributed by atoms with E-state index in [1.54, 1.807) is 7.11 Å². The van der Waals surface area contributed by atoms with E-state index in [2.05, 4.69) is 18.2 Å². The van der Waals surface area contributed by atoms with Crippen LogP contribution in [0.5, 0.6) is 5.75 Å². The van der Waals surface area contributed by atoms with Crippen LogP contribution < -0.4 is 4.74 Å². The zero-order valence-corrected chi connectivity index (χ0v) is 17.9. The number of hydrogen-bond acceptors (Lipinski definition) is 2. The van der Waals surface area contributed by atoms with Gasteiger partial charge in [0.1, 0.15) is 5.75 Å². The van der Waals surface area contributed by atoms with Crippen LogP contribution in [0.1, 0.15) is 54.4 Å². The Balaban J connectivity index is 1.73. The number of para-hydroxylation sites is 1. The summed E-state index contributed by atoms with van der Waals surface area (Å²) in [4.78, 5) is 12.7. The molecule has 4 bridgehead atoms. The van der Waals surface area contributed by atoms with Crippen molar-refractivity contribution in [1.82, 2.24) is 0 Å². The highest BCUT2D eigenvalue weighted by Gasteiger charge is 2.53. The van der Waals surface area contributed by atoms with Crippen LogP contribution in [0.3, 0.4) is 0 Å². The molecule has 0 spiro atoms. The number of fused-ring (bicyclic) bond motifs is 1. The lowest BCUT2D eigenvalue weighted by Gasteiger charge is -2.57. The summed E-state index contributed by atoms with van der Waals surface area (Å²) in [7, 11) is 1.70. The highest BCUT2D eigenvalue weighted by molar-refractivity contribution is 6.06. The van der Waals surface area contributed by atoms with Crippen LogP contribution in [-0.2, 0) is 5.41 Å². The lowest BCUT2D eigenvalue weighted by molar-refractivity contribution is -0.00550. The molecule has 3 aromatic carbocycles. The van der Waals surface area contributed by atoms with E-state index in [9.17, 15) is 9.90 Å². The number of aromatic carboxylic acids is 1. The van der Waals surface area contributed by atoms with Crippen LogP contribution in [-0.4, -0.2) is 18.2 Å². The third-order valence-corrected chi connectivity index (χ3v) is 8.22. The topological polar surface area (TPSA) is 46.5 Å². The molecule has 0 unspecified atom stereocenters. The van der Waals surface area contributed by atoms with Crippen LogP contribution in [0, 0.1) is 17.8 Å². The lowest BCUT2D eigenvalue weighted by atomic mass is 9.47. The van der Waals surface area contributed by atoms with E-state index >= 15 is 0 Å². The van der Waals surface area contributed by atoms with Crippen molar-refractivity contribution in [2.75, 3.05) is 7.11 Å². The van der Waals surface area contributed by atoms with Crippen molar-refractivity contribution in [1.29, 1.82) is 0 Å². The first kappa shape index (κ1) is 18.9. The summed E-state index contributed by atoms with van der Waals surface area (Å²) in [5, 5.41) is 12.5. The van der Waals surface area contributed by atoms with Crippen LogP contribution in [0.25, 0.3) is 21.9 Å². The Morgan fingerprint density at radius 1 is 0.935 bits per heavy atom. The van der Waals surface area contributed by atoms with Gasteiger partial charge in [-0.3, -0.25) is 0 Å². The summed E-state index contributed by atoms with van der Waals surface area (Å²) < 4.78 is 5.78. The SMILES string of the molecule is COc1ccccc1-c1c(C23CC4CC(CC(C4)C2)C3)c(C(=O)O)cc2ccccc12. The second-order valence-corrected chi connectivity index (χ2v) is 10.1. The first-order valence-electron chi connectivity index (χ1n) is 11.5. The molecule has 0 amide bonds. The Morgan fingerprint density at radius 3 is 2.19 bits per heavy atom. The molecule has 3 heteroatoms. The summed E-state index contributed by atoms with van der Waals surface area (Å²) in [5.41, 5.74) is 3.61. The number of carboxylic acid groups (broad SMARTS) is 1. The summed E-state index contributed by atoms with van der Waals surface area (Å²) in [6.07, 6.45) is 7.37. The summed E-state index contributed by atoms with van der Waals surface area (Å²) >= 11 is 0. The second kappa shape index (κ2) is 6.85. The van der Waals surface area contributed by atoms with Crippen LogP contribution in [0.2, 0.25) is 0 Å². The van der Waals surface area contributed by atoms with Gasteiger partial charge in [0.05, 0.1) is 12.7 Å². The third-order valence-electron chi connectivity index (χ3n) is 8.22. The van der Waals surface area contributed by atoms with Crippen molar-refractivity contribution in [2.24, 2.45) is 17.8 Å². The van der Waals surface area contributed by atoms with E-state index in [-0.39, 0.29) is 5.41 Å². The fourth-order valence-electron chi connectivity index (χ4n) is 7.61. The normalized spacial score (nSPS) is 28.7. The lowest BCUT2D eigenvalue weighted by Crippen LogP contribution is -2.49. The summed E-state index contributed by atoms with van der Waals surface area (Å²) in [6.45, 7) is 0. The number of methoxy groups -OCH3 is 1. The van der Waals surface area contributed by atoms with Gasteiger partial charge in [-0.15, -0.1) is 0 Å². The summed E-state index contributed by atoms with van der Waals surface area (Å²) in [6, 6.07) is 18.2. The molecule has 0 radical (unpaired) electrons. The highest BCUT2D eigenvalue weighted by atomic mass is 16.5. The molecule has 0 aliphatic heterocycles. The maximum Gasteiger partial charge on any atom is 0.336 e. The van der Waals surface area contributed by atoms with Crippen molar-refractivity contribution in [2.45, 2.75) is 43.9 Å². The molecule has 0 aromatic heterocycles. The van der Waals surface area contributed by atoms with Gasteiger partial charge in [0, 0.05) is 5.56 Å². The maximum atomic E-state index is 12.7. The number of hydrogen-bond donors (Lipinski definition) is 1. The molecule has 0 saturated heterocycles. The van der Waals surface area contributed by atoms with Crippen molar-refractivity contribution in [3.8, 4) is 16.9 Å². The van der Waals surface area contributed by atoms with E-state index in [1.807, 2.05) is 36.4 Å². The smallest absolute Gasteiger partial charge is 0.336 e. The Hall–Kier alpha value is -2.81. The van der Waals surface area contributed by atoms with Crippen molar-refractivity contribution >= 4 is 16.7 Å². The standard InChI is InChI=1S/C28H28O3/c1-31-24-9-5-4-8-22(24)25-21-7-3-2-6-20(21)13-23(27(29)30)26(25)28-14-17-10-18(15-28)12-19(11-17)16-28/h2-9,13,17-19H,10-12,14-16H2,1H3,(H,29,30). The van der Waals surface area contributed by atoms with E-state index in [0.717, 1.165) is 70.2 Å². The minimum atomic E-state index is -0.812. The zero-order chi connectivity index (χ0) is 21.2. The fraction of sp³-hybridized carbons (Fsp3) is 0.393. The molecular weight excluding hydrogens is 384 g/mol.